The Morgan fingerprint density at radius 3 is 2.50 bits per heavy atom. The normalized spacial score (nSPS) is 11.3. The van der Waals surface area contributed by atoms with E-state index in [9.17, 15) is 4.39 Å². The van der Waals surface area contributed by atoms with E-state index in [0.29, 0.717) is 0 Å². The molecule has 0 heterocycles. The van der Waals surface area contributed by atoms with Crippen LogP contribution in [0.1, 0.15) is 6.92 Å². The molecule has 0 aromatic rings. The van der Waals surface area contributed by atoms with Gasteiger partial charge in [-0.15, -0.1) is 0 Å². The minimum atomic E-state index is -0.315. The fraction of sp³-hybridized carbons (Fsp3) is 0.250. The van der Waals surface area contributed by atoms with E-state index in [2.05, 4.69) is 11.7 Å². The fourth-order valence-electron chi connectivity index (χ4n) is 0.126. The highest BCUT2D eigenvalue weighted by molar-refractivity contribution is 5.25. The number of rotatable bonds is 1. The first-order valence-corrected chi connectivity index (χ1v) is 1.55. The number of aliphatic imine (C=N–C) groups is 1. The number of hydrogen-bond donors (Lipinski definition) is 0. The third kappa shape index (κ3) is 3.34. The molecule has 0 aliphatic heterocycles. The molecule has 0 N–H and O–H groups in total. The van der Waals surface area contributed by atoms with Gasteiger partial charge in [-0.3, -0.25) is 4.99 Å². The fourth-order valence-corrected chi connectivity index (χ4v) is 0.126. The Bertz CT molecular complexity index is 71.6. The summed E-state index contributed by atoms with van der Waals surface area (Å²) in [6, 6.07) is 0. The smallest absolute Gasteiger partial charge is 0.115 e. The van der Waals surface area contributed by atoms with Gasteiger partial charge in [0.05, 0.1) is 6.20 Å². The van der Waals surface area contributed by atoms with Crippen molar-refractivity contribution in [2.45, 2.75) is 6.92 Å². The van der Waals surface area contributed by atoms with Crippen molar-refractivity contribution in [3.63, 3.8) is 0 Å². The van der Waals surface area contributed by atoms with Gasteiger partial charge in [0.25, 0.3) is 0 Å². The van der Waals surface area contributed by atoms with Crippen molar-refractivity contribution in [1.82, 2.24) is 0 Å². The second-order valence-corrected chi connectivity index (χ2v) is 0.898. The summed E-state index contributed by atoms with van der Waals surface area (Å²) in [5, 5.41) is 0. The largest absolute Gasteiger partial charge is 0.270 e. The van der Waals surface area contributed by atoms with Crippen LogP contribution in [0.5, 0.6) is 0 Å². The highest BCUT2D eigenvalue weighted by atomic mass is 19.1. The topological polar surface area (TPSA) is 12.4 Å². The van der Waals surface area contributed by atoms with Crippen molar-refractivity contribution in [2.75, 3.05) is 0 Å². The predicted molar refractivity (Wildman–Crippen MR) is 24.4 cm³/mol. The molecule has 0 radical (unpaired) electrons. The maximum atomic E-state index is 11.4. The van der Waals surface area contributed by atoms with Gasteiger partial charge in [0, 0.05) is 0 Å². The monoisotopic (exact) mass is 87.0 g/mol. The average Bonchev–Trinajstić information content (AvgIpc) is 1.35. The lowest BCUT2D eigenvalue weighted by atomic mass is 10.7. The number of nitrogens with zero attached hydrogens (tertiary/aromatic N) is 1. The molecule has 0 aromatic heterocycles. The predicted octanol–water partition coefficient (Wildman–Crippen LogP) is 1.52. The lowest BCUT2D eigenvalue weighted by Crippen LogP contribution is -1.52. The minimum Gasteiger partial charge on any atom is -0.270 e. The van der Waals surface area contributed by atoms with Crippen LogP contribution in [-0.4, -0.2) is 6.72 Å². The van der Waals surface area contributed by atoms with Crippen LogP contribution in [0.3, 0.4) is 0 Å². The summed E-state index contributed by atoms with van der Waals surface area (Å²) in [5.41, 5.74) is 0. The molecule has 2 heteroatoms. The van der Waals surface area contributed by atoms with Crippen molar-refractivity contribution >= 4 is 6.72 Å². The molecule has 1 nitrogen and oxygen atoms in total. The first-order chi connectivity index (χ1) is 2.77. The van der Waals surface area contributed by atoms with Gasteiger partial charge in [-0.1, -0.05) is 0 Å². The molecular weight excluding hydrogens is 81.0 g/mol. The molecule has 0 bridgehead atoms. The zero-order valence-corrected chi connectivity index (χ0v) is 3.61. The summed E-state index contributed by atoms with van der Waals surface area (Å²) in [4.78, 5) is 3.15. The van der Waals surface area contributed by atoms with Crippen LogP contribution in [0.25, 0.3) is 0 Å². The maximum Gasteiger partial charge on any atom is 0.115 e. The van der Waals surface area contributed by atoms with Crippen LogP contribution in [0.2, 0.25) is 0 Å². The van der Waals surface area contributed by atoms with Gasteiger partial charge in [0.2, 0.25) is 0 Å². The Balaban J connectivity index is 3.41. The van der Waals surface area contributed by atoms with Crippen molar-refractivity contribution in [1.29, 1.82) is 0 Å². The van der Waals surface area contributed by atoms with E-state index < -0.39 is 0 Å². The summed E-state index contributed by atoms with van der Waals surface area (Å²) >= 11 is 0. The van der Waals surface area contributed by atoms with Gasteiger partial charge in [-0.25, -0.2) is 4.39 Å². The standard InChI is InChI=1S/C4H6FN/c1-4(5)3-6-2/h3H,2H2,1H3. The molecule has 0 fully saturated rings. The molecule has 0 spiro atoms. The van der Waals surface area contributed by atoms with Crippen molar-refractivity contribution < 1.29 is 4.39 Å². The molecule has 6 heavy (non-hydrogen) atoms. The van der Waals surface area contributed by atoms with Crippen LogP contribution in [-0.2, 0) is 0 Å². The molecule has 0 aromatic carbocycles. The molecule has 0 aliphatic rings. The van der Waals surface area contributed by atoms with E-state index in [1.807, 2.05) is 0 Å². The van der Waals surface area contributed by atoms with E-state index in [4.69, 9.17) is 0 Å². The average molecular weight is 87.1 g/mol. The first kappa shape index (κ1) is 5.34. The van der Waals surface area contributed by atoms with Crippen molar-refractivity contribution in [3.8, 4) is 0 Å². The van der Waals surface area contributed by atoms with E-state index in [1.54, 1.807) is 0 Å². The summed E-state index contributed by atoms with van der Waals surface area (Å²) < 4.78 is 11.4. The molecule has 0 atom stereocenters. The van der Waals surface area contributed by atoms with Gasteiger partial charge < -0.3 is 0 Å². The summed E-state index contributed by atoms with van der Waals surface area (Å²) in [7, 11) is 0. The van der Waals surface area contributed by atoms with Crippen LogP contribution in [0, 0.1) is 0 Å². The zero-order valence-electron chi connectivity index (χ0n) is 3.61. The lowest BCUT2D eigenvalue weighted by molar-refractivity contribution is 0.637. The van der Waals surface area contributed by atoms with Gasteiger partial charge in [0.1, 0.15) is 5.83 Å². The highest BCUT2D eigenvalue weighted by Gasteiger charge is 1.70. The van der Waals surface area contributed by atoms with Crippen LogP contribution < -0.4 is 0 Å². The Kier molecular flexibility index (Phi) is 2.29. The molecule has 0 amide bonds. The lowest BCUT2D eigenvalue weighted by Gasteiger charge is -1.71. The van der Waals surface area contributed by atoms with Crippen LogP contribution in [0.15, 0.2) is 17.0 Å². The third-order valence-corrected chi connectivity index (χ3v) is 0.269. The van der Waals surface area contributed by atoms with Crippen molar-refractivity contribution in [3.05, 3.63) is 12.0 Å². The quantitative estimate of drug-likeness (QED) is 0.430. The summed E-state index contributed by atoms with van der Waals surface area (Å²) in [6.07, 6.45) is 1.06. The number of halogens is 1. The summed E-state index contributed by atoms with van der Waals surface area (Å²) in [6.45, 7) is 4.35. The molecule has 0 saturated heterocycles. The van der Waals surface area contributed by atoms with E-state index >= 15 is 0 Å². The molecule has 0 aliphatic carbocycles. The molecule has 0 rings (SSSR count). The molecular formula is C4H6FN. The Hall–Kier alpha value is -0.660. The zero-order chi connectivity index (χ0) is 4.99. The molecule has 34 valence electrons. The highest BCUT2D eigenvalue weighted by Crippen LogP contribution is 1.89. The van der Waals surface area contributed by atoms with Gasteiger partial charge in [-0.2, -0.15) is 0 Å². The second kappa shape index (κ2) is 2.57. The van der Waals surface area contributed by atoms with Crippen LogP contribution >= 0.6 is 0 Å². The number of allylic oxidation sites excluding steroid dienone is 1. The second-order valence-electron chi connectivity index (χ2n) is 0.898. The maximum absolute atomic E-state index is 11.4. The Labute approximate surface area is 36.2 Å². The van der Waals surface area contributed by atoms with E-state index in [-0.39, 0.29) is 5.83 Å². The number of hydrogen-bond acceptors (Lipinski definition) is 1. The minimum absolute atomic E-state index is 0.315. The molecule has 0 saturated carbocycles. The Morgan fingerprint density at radius 2 is 2.50 bits per heavy atom. The van der Waals surface area contributed by atoms with Crippen molar-refractivity contribution in [2.24, 2.45) is 4.99 Å². The molecule has 0 unspecified atom stereocenters. The Morgan fingerprint density at radius 1 is 2.00 bits per heavy atom. The van der Waals surface area contributed by atoms with E-state index in [1.165, 1.54) is 6.92 Å². The SMILES string of the molecule is C=NC=C(C)F. The summed E-state index contributed by atoms with van der Waals surface area (Å²) in [5.74, 6) is -0.315. The van der Waals surface area contributed by atoms with Gasteiger partial charge in [0.15, 0.2) is 0 Å². The van der Waals surface area contributed by atoms with Gasteiger partial charge >= 0.3 is 0 Å². The van der Waals surface area contributed by atoms with E-state index in [0.717, 1.165) is 6.20 Å². The van der Waals surface area contributed by atoms with Crippen LogP contribution in [0.4, 0.5) is 4.39 Å². The third-order valence-electron chi connectivity index (χ3n) is 0.269. The first-order valence-electron chi connectivity index (χ1n) is 1.55. The van der Waals surface area contributed by atoms with Gasteiger partial charge in [-0.05, 0) is 13.6 Å².